The Morgan fingerprint density at radius 2 is 1.72 bits per heavy atom. The van der Waals surface area contributed by atoms with Gasteiger partial charge in [0.25, 0.3) is 5.91 Å². The van der Waals surface area contributed by atoms with Crippen molar-refractivity contribution < 1.29 is 14.3 Å². The van der Waals surface area contributed by atoms with E-state index in [0.717, 1.165) is 37.3 Å². The van der Waals surface area contributed by atoms with Gasteiger partial charge in [0.1, 0.15) is 0 Å². The number of aromatic nitrogens is 1. The number of rotatable bonds is 3. The van der Waals surface area contributed by atoms with Crippen molar-refractivity contribution in [3.63, 3.8) is 0 Å². The van der Waals surface area contributed by atoms with Crippen LogP contribution in [0.2, 0.25) is 0 Å². The molecule has 4 rings (SSSR count). The topological polar surface area (TPSA) is 63.7 Å². The summed E-state index contributed by atoms with van der Waals surface area (Å²) >= 11 is 0. The Kier molecular flexibility index (Phi) is 5.32. The number of benzene rings is 1. The molecule has 1 aromatic carbocycles. The number of amides is 1. The predicted octanol–water partition coefficient (Wildman–Crippen LogP) is 3.97. The van der Waals surface area contributed by atoms with Crippen molar-refractivity contribution in [2.75, 3.05) is 36.5 Å². The molecule has 6 nitrogen and oxygen atoms in total. The molecule has 1 N–H and O–H groups in total. The van der Waals surface area contributed by atoms with Gasteiger partial charge in [-0.3, -0.25) is 9.78 Å². The van der Waals surface area contributed by atoms with Gasteiger partial charge < -0.3 is 19.7 Å². The average Bonchev–Trinajstić information content (AvgIpc) is 3.16. The second kappa shape index (κ2) is 7.76. The zero-order valence-electron chi connectivity index (χ0n) is 17.4. The highest BCUT2D eigenvalue weighted by atomic mass is 16.7. The predicted molar refractivity (Wildman–Crippen MR) is 113 cm³/mol. The highest BCUT2D eigenvalue weighted by molar-refractivity contribution is 6.04. The van der Waals surface area contributed by atoms with Crippen LogP contribution in [0.4, 0.5) is 11.4 Å². The number of nitrogens with zero attached hydrogens (tertiary/aromatic N) is 2. The number of piperidine rings is 1. The van der Waals surface area contributed by atoms with E-state index < -0.39 is 5.79 Å². The lowest BCUT2D eigenvalue weighted by atomic mass is 9.87. The van der Waals surface area contributed by atoms with Gasteiger partial charge >= 0.3 is 0 Å². The SMILES string of the molecule is CC(C)(C)c1ccc(NC(=O)c2cncc(N3CCC4(CC3)OCCO4)c2)cc1. The van der Waals surface area contributed by atoms with Gasteiger partial charge in [0.05, 0.1) is 30.7 Å². The molecule has 0 unspecified atom stereocenters. The van der Waals surface area contributed by atoms with Crippen LogP contribution in [0, 0.1) is 0 Å². The molecule has 0 aliphatic carbocycles. The van der Waals surface area contributed by atoms with E-state index in [4.69, 9.17) is 9.47 Å². The van der Waals surface area contributed by atoms with E-state index >= 15 is 0 Å². The smallest absolute Gasteiger partial charge is 0.257 e. The number of hydrogen-bond donors (Lipinski definition) is 1. The fraction of sp³-hybridized carbons (Fsp3) is 0.478. The maximum absolute atomic E-state index is 12.7. The summed E-state index contributed by atoms with van der Waals surface area (Å²) in [7, 11) is 0. The molecular weight excluding hydrogens is 366 g/mol. The summed E-state index contributed by atoms with van der Waals surface area (Å²) in [4.78, 5) is 19.3. The van der Waals surface area contributed by atoms with Crippen LogP contribution in [0.1, 0.15) is 49.5 Å². The van der Waals surface area contributed by atoms with Crippen LogP contribution >= 0.6 is 0 Å². The van der Waals surface area contributed by atoms with Crippen molar-refractivity contribution in [1.29, 1.82) is 0 Å². The van der Waals surface area contributed by atoms with E-state index in [2.05, 4.69) is 48.1 Å². The number of carbonyl (C=O) groups is 1. The number of pyridine rings is 1. The van der Waals surface area contributed by atoms with Crippen LogP contribution in [0.3, 0.4) is 0 Å². The number of hydrogen-bond acceptors (Lipinski definition) is 5. The number of nitrogens with one attached hydrogen (secondary N) is 1. The molecule has 29 heavy (non-hydrogen) atoms. The molecule has 1 spiro atoms. The van der Waals surface area contributed by atoms with E-state index in [1.54, 1.807) is 6.20 Å². The summed E-state index contributed by atoms with van der Waals surface area (Å²) < 4.78 is 11.6. The Hall–Kier alpha value is -2.44. The summed E-state index contributed by atoms with van der Waals surface area (Å²) in [5.74, 6) is -0.559. The van der Waals surface area contributed by atoms with Crippen molar-refractivity contribution in [1.82, 2.24) is 4.98 Å². The zero-order valence-corrected chi connectivity index (χ0v) is 17.4. The lowest BCUT2D eigenvalue weighted by Gasteiger charge is -2.38. The second-order valence-corrected chi connectivity index (χ2v) is 8.81. The monoisotopic (exact) mass is 395 g/mol. The van der Waals surface area contributed by atoms with Crippen LogP contribution in [0.25, 0.3) is 0 Å². The number of carbonyl (C=O) groups excluding carboxylic acids is 1. The molecule has 2 aromatic rings. The number of anilines is 2. The minimum Gasteiger partial charge on any atom is -0.370 e. The molecule has 2 saturated heterocycles. The van der Waals surface area contributed by atoms with Crippen molar-refractivity contribution in [3.05, 3.63) is 53.9 Å². The number of ether oxygens (including phenoxy) is 2. The first-order chi connectivity index (χ1) is 13.8. The minimum atomic E-state index is -0.405. The highest BCUT2D eigenvalue weighted by Crippen LogP contribution is 2.33. The third-order valence-electron chi connectivity index (χ3n) is 5.70. The second-order valence-electron chi connectivity index (χ2n) is 8.81. The molecule has 3 heterocycles. The third kappa shape index (κ3) is 4.43. The molecule has 6 heteroatoms. The first-order valence-corrected chi connectivity index (χ1v) is 10.2. The lowest BCUT2D eigenvalue weighted by molar-refractivity contribution is -0.169. The molecule has 2 aliphatic rings. The van der Waals surface area contributed by atoms with E-state index in [0.29, 0.717) is 18.8 Å². The summed E-state index contributed by atoms with van der Waals surface area (Å²) in [5.41, 5.74) is 3.60. The Balaban J connectivity index is 1.41. The molecule has 2 aliphatic heterocycles. The highest BCUT2D eigenvalue weighted by Gasteiger charge is 2.39. The Morgan fingerprint density at radius 3 is 2.34 bits per heavy atom. The van der Waals surface area contributed by atoms with Crippen molar-refractivity contribution in [2.45, 2.75) is 44.8 Å². The molecular formula is C23H29N3O3. The minimum absolute atomic E-state index is 0.0857. The van der Waals surface area contributed by atoms with Gasteiger partial charge in [-0.15, -0.1) is 0 Å². The van der Waals surface area contributed by atoms with Gasteiger partial charge in [-0.05, 0) is 29.2 Å². The molecule has 0 saturated carbocycles. The molecule has 2 fully saturated rings. The third-order valence-corrected chi connectivity index (χ3v) is 5.70. The van der Waals surface area contributed by atoms with E-state index in [9.17, 15) is 4.79 Å². The average molecular weight is 396 g/mol. The Morgan fingerprint density at radius 1 is 1.07 bits per heavy atom. The maximum Gasteiger partial charge on any atom is 0.257 e. The normalized spacial score (nSPS) is 18.8. The van der Waals surface area contributed by atoms with Crippen LogP contribution < -0.4 is 10.2 Å². The summed E-state index contributed by atoms with van der Waals surface area (Å²) in [6, 6.07) is 9.91. The summed E-state index contributed by atoms with van der Waals surface area (Å²) in [5, 5.41) is 2.97. The summed E-state index contributed by atoms with van der Waals surface area (Å²) in [6.07, 6.45) is 5.06. The molecule has 0 radical (unpaired) electrons. The largest absolute Gasteiger partial charge is 0.370 e. The standard InChI is InChI=1S/C23H29N3O3/c1-22(2,3)18-4-6-19(7-5-18)25-21(27)17-14-20(16-24-15-17)26-10-8-23(9-11-26)28-12-13-29-23/h4-7,14-16H,8-13H2,1-3H3,(H,25,27). The van der Waals surface area contributed by atoms with E-state index in [1.807, 2.05) is 24.4 Å². The van der Waals surface area contributed by atoms with Gasteiger partial charge in [0.2, 0.25) is 0 Å². The molecule has 1 amide bonds. The van der Waals surface area contributed by atoms with Gasteiger partial charge in [-0.2, -0.15) is 0 Å². The van der Waals surface area contributed by atoms with Crippen molar-refractivity contribution >= 4 is 17.3 Å². The van der Waals surface area contributed by atoms with Gasteiger partial charge in [-0.25, -0.2) is 0 Å². The van der Waals surface area contributed by atoms with Crippen LogP contribution in [0.15, 0.2) is 42.7 Å². The van der Waals surface area contributed by atoms with Crippen LogP contribution in [0.5, 0.6) is 0 Å². The van der Waals surface area contributed by atoms with Crippen LogP contribution in [-0.4, -0.2) is 43.0 Å². The molecule has 1 aromatic heterocycles. The maximum atomic E-state index is 12.7. The Bertz CT molecular complexity index is 858. The van der Waals surface area contributed by atoms with Gasteiger partial charge in [-0.1, -0.05) is 32.9 Å². The first-order valence-electron chi connectivity index (χ1n) is 10.2. The van der Waals surface area contributed by atoms with Gasteiger partial charge in [0.15, 0.2) is 5.79 Å². The van der Waals surface area contributed by atoms with Crippen molar-refractivity contribution in [3.8, 4) is 0 Å². The van der Waals surface area contributed by atoms with Crippen molar-refractivity contribution in [2.24, 2.45) is 0 Å². The molecule has 0 bridgehead atoms. The first kappa shape index (κ1) is 19.9. The molecule has 154 valence electrons. The quantitative estimate of drug-likeness (QED) is 0.852. The molecule has 0 atom stereocenters. The lowest BCUT2D eigenvalue weighted by Crippen LogP contribution is -2.45. The fourth-order valence-corrected chi connectivity index (χ4v) is 3.87. The fourth-order valence-electron chi connectivity index (χ4n) is 3.87. The Labute approximate surface area is 172 Å². The van der Waals surface area contributed by atoms with Crippen LogP contribution in [-0.2, 0) is 14.9 Å². The van der Waals surface area contributed by atoms with Gasteiger partial charge in [0, 0.05) is 37.8 Å². The van der Waals surface area contributed by atoms with E-state index in [-0.39, 0.29) is 11.3 Å². The summed E-state index contributed by atoms with van der Waals surface area (Å²) in [6.45, 7) is 9.51. The van der Waals surface area contributed by atoms with E-state index in [1.165, 1.54) is 5.56 Å². The zero-order chi connectivity index (χ0) is 20.5.